The van der Waals surface area contributed by atoms with E-state index in [1.165, 1.54) is 13.2 Å². The highest BCUT2D eigenvalue weighted by molar-refractivity contribution is 5.48. The van der Waals surface area contributed by atoms with Crippen LogP contribution in [0.3, 0.4) is 0 Å². The number of nitriles is 1. The molecular formula is C12H14N2O3. The van der Waals surface area contributed by atoms with Gasteiger partial charge in [-0.05, 0) is 31.9 Å². The van der Waals surface area contributed by atoms with Gasteiger partial charge in [0.05, 0.1) is 23.5 Å². The monoisotopic (exact) mass is 234 g/mol. The molecule has 0 fully saturated rings. The Balaban J connectivity index is 3.10. The van der Waals surface area contributed by atoms with E-state index in [-0.39, 0.29) is 11.4 Å². The minimum Gasteiger partial charge on any atom is -0.490 e. The van der Waals surface area contributed by atoms with E-state index in [0.29, 0.717) is 6.42 Å². The van der Waals surface area contributed by atoms with Crippen LogP contribution in [0.5, 0.6) is 5.75 Å². The van der Waals surface area contributed by atoms with E-state index >= 15 is 0 Å². The first-order valence-electron chi connectivity index (χ1n) is 5.12. The minimum atomic E-state index is -0.539. The molecule has 1 rings (SSSR count). The van der Waals surface area contributed by atoms with Gasteiger partial charge >= 0.3 is 5.69 Å². The van der Waals surface area contributed by atoms with Gasteiger partial charge in [-0.1, -0.05) is 6.07 Å². The lowest BCUT2D eigenvalue weighted by atomic mass is 9.87. The maximum Gasteiger partial charge on any atom is 0.311 e. The SMILES string of the molecule is COc1ccc(CC(C)(C)C#N)cc1[N+](=O)[O-]. The molecular weight excluding hydrogens is 220 g/mol. The lowest BCUT2D eigenvalue weighted by molar-refractivity contribution is -0.385. The van der Waals surface area contributed by atoms with E-state index in [4.69, 9.17) is 10.00 Å². The van der Waals surface area contributed by atoms with Crippen molar-refractivity contribution in [1.29, 1.82) is 5.26 Å². The van der Waals surface area contributed by atoms with Crippen molar-refractivity contribution in [1.82, 2.24) is 0 Å². The van der Waals surface area contributed by atoms with E-state index in [9.17, 15) is 10.1 Å². The van der Waals surface area contributed by atoms with Crippen molar-refractivity contribution in [3.8, 4) is 11.8 Å². The number of hydrogen-bond donors (Lipinski definition) is 0. The molecule has 1 aromatic carbocycles. The van der Waals surface area contributed by atoms with E-state index in [0.717, 1.165) is 5.56 Å². The fourth-order valence-corrected chi connectivity index (χ4v) is 1.54. The van der Waals surface area contributed by atoms with Crippen LogP contribution in [-0.2, 0) is 6.42 Å². The number of rotatable bonds is 4. The molecule has 17 heavy (non-hydrogen) atoms. The van der Waals surface area contributed by atoms with Gasteiger partial charge in [0.15, 0.2) is 5.75 Å². The Kier molecular flexibility index (Phi) is 3.69. The van der Waals surface area contributed by atoms with E-state index in [1.807, 2.05) is 0 Å². The van der Waals surface area contributed by atoms with Gasteiger partial charge in [0.2, 0.25) is 0 Å². The van der Waals surface area contributed by atoms with Crippen molar-refractivity contribution in [3.63, 3.8) is 0 Å². The molecule has 0 amide bonds. The van der Waals surface area contributed by atoms with Crippen molar-refractivity contribution in [2.45, 2.75) is 20.3 Å². The first-order chi connectivity index (χ1) is 7.89. The summed E-state index contributed by atoms with van der Waals surface area (Å²) in [5.41, 5.74) is 0.144. The zero-order valence-corrected chi connectivity index (χ0v) is 10.1. The summed E-state index contributed by atoms with van der Waals surface area (Å²) in [7, 11) is 1.39. The molecule has 0 saturated carbocycles. The van der Waals surface area contributed by atoms with Gasteiger partial charge in [-0.15, -0.1) is 0 Å². The van der Waals surface area contributed by atoms with Crippen LogP contribution in [0.25, 0.3) is 0 Å². The minimum absolute atomic E-state index is 0.0706. The van der Waals surface area contributed by atoms with Crippen LogP contribution in [0.2, 0.25) is 0 Å². The Labute approximate surface area is 99.8 Å². The zero-order chi connectivity index (χ0) is 13.1. The summed E-state index contributed by atoms with van der Waals surface area (Å²) in [5.74, 6) is 0.230. The molecule has 0 atom stereocenters. The van der Waals surface area contributed by atoms with Crippen LogP contribution < -0.4 is 4.74 Å². The average Bonchev–Trinajstić information content (AvgIpc) is 2.28. The smallest absolute Gasteiger partial charge is 0.311 e. The first kappa shape index (κ1) is 13.0. The molecule has 0 aliphatic heterocycles. The summed E-state index contributed by atoms with van der Waals surface area (Å²) >= 11 is 0. The third kappa shape index (κ3) is 3.18. The lowest BCUT2D eigenvalue weighted by Crippen LogP contribution is -2.12. The van der Waals surface area contributed by atoms with Crippen LogP contribution in [0.4, 0.5) is 5.69 Å². The molecule has 1 aromatic rings. The molecule has 0 saturated heterocycles. The second-order valence-electron chi connectivity index (χ2n) is 4.44. The standard InChI is InChI=1S/C12H14N2O3/c1-12(2,8-13)7-9-4-5-11(17-3)10(6-9)14(15)16/h4-6H,7H2,1-3H3. The average molecular weight is 234 g/mol. The number of benzene rings is 1. The number of ether oxygens (including phenoxy) is 1. The van der Waals surface area contributed by atoms with Gasteiger partial charge in [-0.3, -0.25) is 10.1 Å². The van der Waals surface area contributed by atoms with Gasteiger partial charge < -0.3 is 4.74 Å². The Bertz CT molecular complexity index is 475. The summed E-state index contributed by atoms with van der Waals surface area (Å²) in [6, 6.07) is 6.92. The van der Waals surface area contributed by atoms with Crippen molar-refractivity contribution >= 4 is 5.69 Å². The molecule has 0 bridgehead atoms. The summed E-state index contributed by atoms with van der Waals surface area (Å²) in [4.78, 5) is 10.3. The zero-order valence-electron chi connectivity index (χ0n) is 10.1. The highest BCUT2D eigenvalue weighted by atomic mass is 16.6. The van der Waals surface area contributed by atoms with E-state index in [2.05, 4.69) is 6.07 Å². The topological polar surface area (TPSA) is 76.2 Å². The molecule has 0 aliphatic carbocycles. The molecule has 5 heteroatoms. The first-order valence-corrected chi connectivity index (χ1v) is 5.12. The van der Waals surface area contributed by atoms with Gasteiger partial charge in [-0.25, -0.2) is 0 Å². The van der Waals surface area contributed by atoms with Crippen LogP contribution in [0.15, 0.2) is 18.2 Å². The van der Waals surface area contributed by atoms with Gasteiger partial charge in [0, 0.05) is 6.07 Å². The van der Waals surface area contributed by atoms with Gasteiger partial charge in [-0.2, -0.15) is 5.26 Å². The third-order valence-electron chi connectivity index (χ3n) is 2.39. The fraction of sp³-hybridized carbons (Fsp3) is 0.417. The molecule has 0 radical (unpaired) electrons. The van der Waals surface area contributed by atoms with E-state index < -0.39 is 10.3 Å². The summed E-state index contributed by atoms with van der Waals surface area (Å²) in [5, 5.41) is 19.8. The second-order valence-corrected chi connectivity index (χ2v) is 4.44. The van der Waals surface area contributed by atoms with Crippen molar-refractivity contribution in [3.05, 3.63) is 33.9 Å². The predicted molar refractivity (Wildman–Crippen MR) is 62.7 cm³/mol. The number of hydrogen-bond acceptors (Lipinski definition) is 4. The van der Waals surface area contributed by atoms with Crippen LogP contribution in [0.1, 0.15) is 19.4 Å². The maximum absolute atomic E-state index is 10.8. The molecule has 0 spiro atoms. The van der Waals surface area contributed by atoms with Crippen molar-refractivity contribution in [2.24, 2.45) is 5.41 Å². The van der Waals surface area contributed by atoms with Crippen LogP contribution >= 0.6 is 0 Å². The maximum atomic E-state index is 10.8. The molecule has 90 valence electrons. The fourth-order valence-electron chi connectivity index (χ4n) is 1.54. The highest BCUT2D eigenvalue weighted by Crippen LogP contribution is 2.30. The molecule has 0 aliphatic rings. The predicted octanol–water partition coefficient (Wildman–Crippen LogP) is 2.70. The molecule has 0 aromatic heterocycles. The summed E-state index contributed by atoms with van der Waals surface area (Å²) in [6.07, 6.45) is 0.467. The number of methoxy groups -OCH3 is 1. The van der Waals surface area contributed by atoms with Gasteiger partial charge in [0.25, 0.3) is 0 Å². The lowest BCUT2D eigenvalue weighted by Gasteiger charge is -2.15. The van der Waals surface area contributed by atoms with Gasteiger partial charge in [0.1, 0.15) is 0 Å². The van der Waals surface area contributed by atoms with Crippen LogP contribution in [-0.4, -0.2) is 12.0 Å². The largest absolute Gasteiger partial charge is 0.490 e. The normalized spacial score (nSPS) is 10.7. The molecule has 5 nitrogen and oxygen atoms in total. The molecule has 0 heterocycles. The Morgan fingerprint density at radius 3 is 2.65 bits per heavy atom. The third-order valence-corrected chi connectivity index (χ3v) is 2.39. The summed E-state index contributed by atoms with van der Waals surface area (Å²) in [6.45, 7) is 3.59. The number of nitro benzene ring substituents is 1. The Morgan fingerprint density at radius 1 is 1.53 bits per heavy atom. The second kappa shape index (κ2) is 4.83. The number of nitrogens with zero attached hydrogens (tertiary/aromatic N) is 2. The van der Waals surface area contributed by atoms with Crippen LogP contribution in [0, 0.1) is 26.9 Å². The highest BCUT2D eigenvalue weighted by Gasteiger charge is 2.21. The summed E-state index contributed by atoms with van der Waals surface area (Å²) < 4.78 is 4.91. The Morgan fingerprint density at radius 2 is 2.18 bits per heavy atom. The Hall–Kier alpha value is -2.09. The molecule has 0 unspecified atom stereocenters. The van der Waals surface area contributed by atoms with Crippen molar-refractivity contribution in [2.75, 3.05) is 7.11 Å². The van der Waals surface area contributed by atoms with E-state index in [1.54, 1.807) is 26.0 Å². The van der Waals surface area contributed by atoms with Crippen molar-refractivity contribution < 1.29 is 9.66 Å². The molecule has 0 N–H and O–H groups in total. The quantitative estimate of drug-likeness (QED) is 0.592. The number of nitro groups is 1.